The first kappa shape index (κ1) is 21.8. The summed E-state index contributed by atoms with van der Waals surface area (Å²) in [5.74, 6) is -0.308. The molecule has 4 aromatic rings. The van der Waals surface area contributed by atoms with Gasteiger partial charge < -0.3 is 11.1 Å². The Hall–Kier alpha value is -4.44. The Balaban J connectivity index is 1.70. The van der Waals surface area contributed by atoms with E-state index < -0.39 is 5.41 Å². The number of hydrogen-bond donors (Lipinski definition) is 2. The summed E-state index contributed by atoms with van der Waals surface area (Å²) in [5, 5.41) is 12.7. The van der Waals surface area contributed by atoms with E-state index in [0.29, 0.717) is 33.5 Å². The SMILES string of the molecule is Cc1ccc(NC(=O)c2cccc(C(C)(C)C#N)c2)cc1-n1cnc2c(N)cccc2c1=O. The third-order valence-corrected chi connectivity index (χ3v) is 5.67. The van der Waals surface area contributed by atoms with Gasteiger partial charge in [-0.3, -0.25) is 14.2 Å². The van der Waals surface area contributed by atoms with Crippen molar-refractivity contribution in [2.75, 3.05) is 11.1 Å². The molecule has 0 aliphatic heterocycles. The zero-order valence-electron chi connectivity index (χ0n) is 18.6. The molecule has 1 amide bonds. The minimum atomic E-state index is -0.707. The Morgan fingerprint density at radius 2 is 1.88 bits per heavy atom. The van der Waals surface area contributed by atoms with Crippen LogP contribution in [0.4, 0.5) is 11.4 Å². The van der Waals surface area contributed by atoms with Gasteiger partial charge >= 0.3 is 0 Å². The van der Waals surface area contributed by atoms with E-state index in [2.05, 4.69) is 16.4 Å². The van der Waals surface area contributed by atoms with Crippen LogP contribution in [0, 0.1) is 18.3 Å². The van der Waals surface area contributed by atoms with Crippen LogP contribution in [0.3, 0.4) is 0 Å². The van der Waals surface area contributed by atoms with Gasteiger partial charge in [0.1, 0.15) is 11.8 Å². The van der Waals surface area contributed by atoms with Crippen LogP contribution < -0.4 is 16.6 Å². The number of nitrogens with one attached hydrogen (secondary N) is 1. The van der Waals surface area contributed by atoms with E-state index >= 15 is 0 Å². The van der Waals surface area contributed by atoms with Gasteiger partial charge in [-0.15, -0.1) is 0 Å². The lowest BCUT2D eigenvalue weighted by Gasteiger charge is -2.17. The number of carbonyl (C=O) groups excluding carboxylic acids is 1. The average Bonchev–Trinajstić information content (AvgIpc) is 2.81. The molecule has 0 saturated heterocycles. The number of nitrogen functional groups attached to an aromatic ring is 1. The predicted octanol–water partition coefficient (Wildman–Crippen LogP) is 4.33. The molecule has 164 valence electrons. The molecule has 1 aromatic heterocycles. The van der Waals surface area contributed by atoms with E-state index in [0.717, 1.165) is 11.1 Å². The molecular weight excluding hydrogens is 414 g/mol. The fourth-order valence-electron chi connectivity index (χ4n) is 3.61. The van der Waals surface area contributed by atoms with E-state index in [1.807, 2.05) is 19.1 Å². The Morgan fingerprint density at radius 3 is 2.64 bits per heavy atom. The highest BCUT2D eigenvalue weighted by Gasteiger charge is 2.21. The van der Waals surface area contributed by atoms with Crippen molar-refractivity contribution < 1.29 is 4.79 Å². The van der Waals surface area contributed by atoms with Crippen LogP contribution in [0.15, 0.2) is 71.8 Å². The molecule has 0 radical (unpaired) electrons. The van der Waals surface area contributed by atoms with Crippen LogP contribution in [0.1, 0.15) is 35.3 Å². The van der Waals surface area contributed by atoms with Crippen molar-refractivity contribution >= 4 is 28.2 Å². The fraction of sp³-hybridized carbons (Fsp3) is 0.154. The zero-order valence-corrected chi connectivity index (χ0v) is 18.6. The molecular formula is C26H23N5O2. The number of anilines is 2. The molecule has 0 bridgehead atoms. The van der Waals surface area contributed by atoms with E-state index in [9.17, 15) is 14.9 Å². The number of nitrogens with two attached hydrogens (primary N) is 1. The standard InChI is InChI=1S/C26H23N5O2/c1-16-10-11-19(30-24(32)17-6-4-7-18(12-17)26(2,3)14-27)13-22(16)31-15-29-23-20(25(31)33)8-5-9-21(23)28/h4-13,15H,28H2,1-3H3,(H,30,32). The number of carbonyl (C=O) groups is 1. The molecule has 0 spiro atoms. The summed E-state index contributed by atoms with van der Waals surface area (Å²) in [6.45, 7) is 5.49. The Labute approximate surface area is 191 Å². The topological polar surface area (TPSA) is 114 Å². The lowest BCUT2D eigenvalue weighted by Crippen LogP contribution is -2.20. The quantitative estimate of drug-likeness (QED) is 0.461. The fourth-order valence-corrected chi connectivity index (χ4v) is 3.61. The summed E-state index contributed by atoms with van der Waals surface area (Å²) >= 11 is 0. The number of fused-ring (bicyclic) bond motifs is 1. The Morgan fingerprint density at radius 1 is 1.12 bits per heavy atom. The number of rotatable bonds is 4. The number of nitriles is 1. The first-order chi connectivity index (χ1) is 15.7. The molecule has 0 fully saturated rings. The van der Waals surface area contributed by atoms with Crippen LogP contribution in [-0.2, 0) is 5.41 Å². The minimum Gasteiger partial charge on any atom is -0.397 e. The zero-order chi connectivity index (χ0) is 23.8. The first-order valence-electron chi connectivity index (χ1n) is 10.4. The second kappa shape index (κ2) is 8.24. The van der Waals surface area contributed by atoms with Crippen LogP contribution >= 0.6 is 0 Å². The highest BCUT2D eigenvalue weighted by atomic mass is 16.1. The monoisotopic (exact) mass is 437 g/mol. The Bertz CT molecular complexity index is 1500. The number of amides is 1. The van der Waals surface area contributed by atoms with Crippen LogP contribution in [0.5, 0.6) is 0 Å². The maximum atomic E-state index is 13.1. The van der Waals surface area contributed by atoms with Crippen LogP contribution in [0.2, 0.25) is 0 Å². The lowest BCUT2D eigenvalue weighted by atomic mass is 9.85. The molecule has 7 nitrogen and oxygen atoms in total. The molecule has 7 heteroatoms. The second-order valence-corrected chi connectivity index (χ2v) is 8.44. The number of aromatic nitrogens is 2. The minimum absolute atomic E-state index is 0.245. The van der Waals surface area contributed by atoms with Gasteiger partial charge in [-0.05, 0) is 68.3 Å². The second-order valence-electron chi connectivity index (χ2n) is 8.44. The van der Waals surface area contributed by atoms with Gasteiger partial charge in [-0.1, -0.05) is 24.3 Å². The number of benzene rings is 3. The normalized spacial score (nSPS) is 11.2. The molecule has 4 rings (SSSR count). The Kier molecular flexibility index (Phi) is 5.44. The summed E-state index contributed by atoms with van der Waals surface area (Å²) in [6, 6.07) is 19.7. The number of nitrogens with zero attached hydrogens (tertiary/aromatic N) is 3. The maximum absolute atomic E-state index is 13.1. The van der Waals surface area contributed by atoms with Crippen molar-refractivity contribution in [3.8, 4) is 11.8 Å². The number of hydrogen-bond acceptors (Lipinski definition) is 5. The molecule has 3 aromatic carbocycles. The van der Waals surface area contributed by atoms with E-state index in [1.165, 1.54) is 10.9 Å². The number of aryl methyl sites for hydroxylation is 1. The first-order valence-corrected chi connectivity index (χ1v) is 10.4. The molecule has 0 saturated carbocycles. The van der Waals surface area contributed by atoms with Gasteiger partial charge in [0.15, 0.2) is 0 Å². The highest BCUT2D eigenvalue weighted by molar-refractivity contribution is 6.04. The van der Waals surface area contributed by atoms with Crippen molar-refractivity contribution in [1.29, 1.82) is 5.26 Å². The largest absolute Gasteiger partial charge is 0.397 e. The van der Waals surface area contributed by atoms with Crippen LogP contribution in [-0.4, -0.2) is 15.5 Å². The van der Waals surface area contributed by atoms with Crippen molar-refractivity contribution in [2.45, 2.75) is 26.2 Å². The van der Waals surface area contributed by atoms with E-state index in [1.54, 1.807) is 62.4 Å². The molecule has 3 N–H and O–H groups in total. The van der Waals surface area contributed by atoms with Gasteiger partial charge in [0.2, 0.25) is 0 Å². The maximum Gasteiger partial charge on any atom is 0.265 e. The molecule has 1 heterocycles. The van der Waals surface area contributed by atoms with E-state index in [4.69, 9.17) is 5.73 Å². The average molecular weight is 438 g/mol. The van der Waals surface area contributed by atoms with Gasteiger partial charge in [0, 0.05) is 11.3 Å². The molecule has 33 heavy (non-hydrogen) atoms. The molecule has 0 atom stereocenters. The van der Waals surface area contributed by atoms with E-state index in [-0.39, 0.29) is 11.5 Å². The van der Waals surface area contributed by atoms with Gasteiger partial charge in [-0.2, -0.15) is 5.26 Å². The van der Waals surface area contributed by atoms with Crippen molar-refractivity contribution in [3.05, 3.63) is 94.0 Å². The third-order valence-electron chi connectivity index (χ3n) is 5.67. The number of para-hydroxylation sites is 1. The molecule has 0 unspecified atom stereocenters. The van der Waals surface area contributed by atoms with Crippen LogP contribution in [0.25, 0.3) is 16.6 Å². The predicted molar refractivity (Wildman–Crippen MR) is 130 cm³/mol. The van der Waals surface area contributed by atoms with Gasteiger partial charge in [0.05, 0.1) is 28.2 Å². The summed E-state index contributed by atoms with van der Waals surface area (Å²) in [4.78, 5) is 30.4. The molecule has 0 aliphatic carbocycles. The highest BCUT2D eigenvalue weighted by Crippen LogP contribution is 2.24. The van der Waals surface area contributed by atoms with Gasteiger partial charge in [-0.25, -0.2) is 4.98 Å². The van der Waals surface area contributed by atoms with Crippen molar-refractivity contribution in [1.82, 2.24) is 9.55 Å². The van der Waals surface area contributed by atoms with Gasteiger partial charge in [0.25, 0.3) is 11.5 Å². The third kappa shape index (κ3) is 4.06. The lowest BCUT2D eigenvalue weighted by molar-refractivity contribution is 0.102. The smallest absolute Gasteiger partial charge is 0.265 e. The summed E-state index contributed by atoms with van der Waals surface area (Å²) < 4.78 is 1.45. The summed E-state index contributed by atoms with van der Waals surface area (Å²) in [5.41, 5.74) is 9.08. The molecule has 0 aliphatic rings. The van der Waals surface area contributed by atoms with Crippen molar-refractivity contribution in [3.63, 3.8) is 0 Å². The summed E-state index contributed by atoms with van der Waals surface area (Å²) in [6.07, 6.45) is 1.45. The van der Waals surface area contributed by atoms with Crippen molar-refractivity contribution in [2.24, 2.45) is 0 Å². The summed E-state index contributed by atoms with van der Waals surface area (Å²) in [7, 11) is 0.